The van der Waals surface area contributed by atoms with E-state index < -0.39 is 29.9 Å². The number of rotatable bonds is 5. The molecule has 0 radical (unpaired) electrons. The van der Waals surface area contributed by atoms with Gasteiger partial charge in [0.25, 0.3) is 0 Å². The molecule has 4 atom stereocenters. The molecule has 0 amide bonds. The van der Waals surface area contributed by atoms with E-state index in [4.69, 9.17) is 4.74 Å². The van der Waals surface area contributed by atoms with E-state index in [1.54, 1.807) is 24.3 Å². The Morgan fingerprint density at radius 3 is 2.71 bits per heavy atom. The number of hydrogen-bond acceptors (Lipinski definition) is 4. The van der Waals surface area contributed by atoms with E-state index in [9.17, 15) is 10.2 Å². The molecule has 4 nitrogen and oxygen atoms in total. The lowest BCUT2D eigenvalue weighted by molar-refractivity contribution is -0.363. The molecule has 6 heteroatoms. The summed E-state index contributed by atoms with van der Waals surface area (Å²) in [5.41, 5.74) is -1.57. The fourth-order valence-corrected chi connectivity index (χ4v) is 3.88. The van der Waals surface area contributed by atoms with Gasteiger partial charge in [0.2, 0.25) is 0 Å². The second kappa shape index (κ2) is 6.52. The number of piperidine rings is 2. The Kier molecular flexibility index (Phi) is 4.75. The van der Waals surface area contributed by atoms with Crippen LogP contribution in [0.3, 0.4) is 0 Å². The Morgan fingerprint density at radius 1 is 1.33 bits per heavy atom. The highest BCUT2D eigenvalue weighted by Crippen LogP contribution is 2.50. The molecule has 0 aliphatic carbocycles. The number of alkyl halides is 2. The number of halogens is 2. The molecule has 2 heterocycles. The summed E-state index contributed by atoms with van der Waals surface area (Å²) in [5.74, 6) is -3.58. The quantitative estimate of drug-likeness (QED) is 0.809. The Bertz CT molecular complexity index is 583. The normalized spacial score (nSPS) is 35.6. The third-order valence-electron chi connectivity index (χ3n) is 5.09. The van der Waals surface area contributed by atoms with Crippen LogP contribution in [-0.2, 0) is 11.3 Å². The Labute approximate surface area is 140 Å². The van der Waals surface area contributed by atoms with Gasteiger partial charge in [0.05, 0.1) is 6.61 Å². The van der Waals surface area contributed by atoms with Crippen LogP contribution in [0.2, 0.25) is 0 Å². The van der Waals surface area contributed by atoms with Crippen LogP contribution in [0, 0.1) is 0 Å². The molecule has 2 N–H and O–H groups in total. The first-order valence-corrected chi connectivity index (χ1v) is 8.23. The van der Waals surface area contributed by atoms with Crippen molar-refractivity contribution in [2.75, 3.05) is 6.54 Å². The van der Waals surface area contributed by atoms with E-state index in [0.717, 1.165) is 5.56 Å². The van der Waals surface area contributed by atoms with Crippen LogP contribution in [0.15, 0.2) is 43.0 Å². The average Bonchev–Trinajstić information content (AvgIpc) is 2.56. The standard InChI is InChI=1S/C18H23F2NO3/c1-2-11-21-14-9-6-10-17(21,23)18(19,20)16(15(14)22)24-12-13-7-4-3-5-8-13/h2-5,7-8,14-16,22-23H,1,6,9-12H2/t14-,15+,16-,17-/m1/s1. The Morgan fingerprint density at radius 2 is 2.04 bits per heavy atom. The summed E-state index contributed by atoms with van der Waals surface area (Å²) in [5, 5.41) is 21.3. The molecule has 2 bridgehead atoms. The maximum Gasteiger partial charge on any atom is 0.317 e. The average molecular weight is 339 g/mol. The minimum Gasteiger partial charge on any atom is -0.389 e. The van der Waals surface area contributed by atoms with E-state index in [1.807, 2.05) is 6.07 Å². The summed E-state index contributed by atoms with van der Waals surface area (Å²) in [4.78, 5) is 1.27. The third kappa shape index (κ3) is 2.67. The van der Waals surface area contributed by atoms with Crippen molar-refractivity contribution in [2.45, 2.75) is 55.8 Å². The molecule has 0 saturated carbocycles. The molecule has 2 saturated heterocycles. The van der Waals surface area contributed by atoms with Crippen LogP contribution in [-0.4, -0.2) is 51.6 Å². The van der Waals surface area contributed by atoms with E-state index in [-0.39, 0.29) is 19.6 Å². The van der Waals surface area contributed by atoms with Crippen molar-refractivity contribution in [1.29, 1.82) is 0 Å². The first-order chi connectivity index (χ1) is 11.4. The molecule has 2 aliphatic rings. The zero-order valence-electron chi connectivity index (χ0n) is 13.4. The highest BCUT2D eigenvalue weighted by Gasteiger charge is 2.70. The van der Waals surface area contributed by atoms with Crippen LogP contribution < -0.4 is 0 Å². The lowest BCUT2D eigenvalue weighted by Crippen LogP contribution is -2.78. The van der Waals surface area contributed by atoms with Gasteiger partial charge in [-0.3, -0.25) is 4.90 Å². The third-order valence-corrected chi connectivity index (χ3v) is 5.09. The van der Waals surface area contributed by atoms with Gasteiger partial charge in [-0.2, -0.15) is 8.78 Å². The zero-order valence-corrected chi connectivity index (χ0v) is 13.4. The predicted octanol–water partition coefficient (Wildman–Crippen LogP) is 2.31. The van der Waals surface area contributed by atoms with Crippen LogP contribution in [0.4, 0.5) is 8.78 Å². The predicted molar refractivity (Wildman–Crippen MR) is 85.5 cm³/mol. The number of aliphatic hydroxyl groups is 2. The van der Waals surface area contributed by atoms with E-state index in [2.05, 4.69) is 6.58 Å². The van der Waals surface area contributed by atoms with Crippen LogP contribution in [0.1, 0.15) is 24.8 Å². The number of ether oxygens (including phenoxy) is 1. The van der Waals surface area contributed by atoms with Gasteiger partial charge in [-0.1, -0.05) is 36.4 Å². The molecule has 0 aromatic heterocycles. The van der Waals surface area contributed by atoms with Crippen molar-refractivity contribution in [3.63, 3.8) is 0 Å². The molecule has 132 valence electrons. The number of aliphatic hydroxyl groups excluding tert-OH is 1. The van der Waals surface area contributed by atoms with Crippen molar-refractivity contribution in [1.82, 2.24) is 4.90 Å². The monoisotopic (exact) mass is 339 g/mol. The second-order valence-electron chi connectivity index (χ2n) is 6.55. The van der Waals surface area contributed by atoms with Crippen LogP contribution >= 0.6 is 0 Å². The summed E-state index contributed by atoms with van der Waals surface area (Å²) < 4.78 is 35.5. The molecular weight excluding hydrogens is 316 g/mol. The van der Waals surface area contributed by atoms with Crippen molar-refractivity contribution < 1.29 is 23.7 Å². The first-order valence-electron chi connectivity index (χ1n) is 8.23. The summed E-state index contributed by atoms with van der Waals surface area (Å²) in [7, 11) is 0. The van der Waals surface area contributed by atoms with Gasteiger partial charge < -0.3 is 14.9 Å². The van der Waals surface area contributed by atoms with E-state index in [1.165, 1.54) is 11.0 Å². The fourth-order valence-electron chi connectivity index (χ4n) is 3.88. The smallest absolute Gasteiger partial charge is 0.317 e. The topological polar surface area (TPSA) is 52.9 Å². The van der Waals surface area contributed by atoms with Crippen LogP contribution in [0.25, 0.3) is 0 Å². The van der Waals surface area contributed by atoms with Crippen molar-refractivity contribution in [3.05, 3.63) is 48.6 Å². The van der Waals surface area contributed by atoms with E-state index in [0.29, 0.717) is 12.8 Å². The molecule has 1 aromatic rings. The maximum absolute atomic E-state index is 15.0. The van der Waals surface area contributed by atoms with Crippen molar-refractivity contribution >= 4 is 0 Å². The van der Waals surface area contributed by atoms with Gasteiger partial charge in [0.1, 0.15) is 6.10 Å². The fraction of sp³-hybridized carbons (Fsp3) is 0.556. The molecule has 1 aromatic carbocycles. The van der Waals surface area contributed by atoms with Gasteiger partial charge in [-0.25, -0.2) is 0 Å². The highest BCUT2D eigenvalue weighted by atomic mass is 19.3. The zero-order chi connectivity index (χ0) is 17.4. The van der Waals surface area contributed by atoms with Gasteiger partial charge >= 0.3 is 5.92 Å². The first kappa shape index (κ1) is 17.5. The summed E-state index contributed by atoms with van der Waals surface area (Å²) in [6.07, 6.45) is -0.719. The molecule has 0 spiro atoms. The molecule has 2 fully saturated rings. The molecule has 0 unspecified atom stereocenters. The summed E-state index contributed by atoms with van der Waals surface area (Å²) in [6.45, 7) is 3.63. The van der Waals surface area contributed by atoms with Gasteiger partial charge in [-0.15, -0.1) is 6.58 Å². The lowest BCUT2D eigenvalue weighted by Gasteiger charge is -2.58. The number of hydrogen-bond donors (Lipinski definition) is 2. The molecule has 3 rings (SSSR count). The molecular formula is C18H23F2NO3. The number of nitrogens with zero attached hydrogens (tertiary/aromatic N) is 1. The highest BCUT2D eigenvalue weighted by molar-refractivity contribution is 5.15. The maximum atomic E-state index is 15.0. The van der Waals surface area contributed by atoms with Gasteiger partial charge in [0, 0.05) is 12.6 Å². The van der Waals surface area contributed by atoms with E-state index >= 15 is 8.78 Å². The largest absolute Gasteiger partial charge is 0.389 e. The van der Waals surface area contributed by atoms with Crippen molar-refractivity contribution in [3.8, 4) is 0 Å². The Balaban J connectivity index is 1.86. The van der Waals surface area contributed by atoms with Crippen molar-refractivity contribution in [2.24, 2.45) is 0 Å². The Hall–Kier alpha value is -1.34. The minimum absolute atomic E-state index is 0.0393. The molecule has 24 heavy (non-hydrogen) atoms. The lowest BCUT2D eigenvalue weighted by atomic mass is 9.75. The molecule has 2 aliphatic heterocycles. The summed E-state index contributed by atoms with van der Waals surface area (Å²) >= 11 is 0. The minimum atomic E-state index is -3.58. The second-order valence-corrected chi connectivity index (χ2v) is 6.55. The van der Waals surface area contributed by atoms with Crippen LogP contribution in [0.5, 0.6) is 0 Å². The SMILES string of the molecule is C=CCN1[C@@H]2CCC[C@@]1(O)C(F)(F)[C@H](OCc1ccccc1)[C@H]2O. The van der Waals surface area contributed by atoms with Gasteiger partial charge in [0.15, 0.2) is 11.8 Å². The van der Waals surface area contributed by atoms with Gasteiger partial charge in [-0.05, 0) is 24.8 Å². The number of fused-ring (bicyclic) bond motifs is 2. The summed E-state index contributed by atoms with van der Waals surface area (Å²) in [6, 6.07) is 8.39. The number of benzene rings is 1.